The zero-order chi connectivity index (χ0) is 9.03. The van der Waals surface area contributed by atoms with Crippen molar-refractivity contribution in [2.75, 3.05) is 20.2 Å². The molecule has 1 fully saturated rings. The van der Waals surface area contributed by atoms with E-state index in [1.165, 1.54) is 6.42 Å². The van der Waals surface area contributed by atoms with Crippen LogP contribution in [0.1, 0.15) is 26.2 Å². The second-order valence-corrected chi connectivity index (χ2v) is 3.52. The summed E-state index contributed by atoms with van der Waals surface area (Å²) in [6.07, 6.45) is 3.47. The maximum Gasteiger partial charge on any atom is 0.0615 e. The van der Waals surface area contributed by atoms with Gasteiger partial charge < -0.3 is 5.11 Å². The van der Waals surface area contributed by atoms with E-state index < -0.39 is 0 Å². The second-order valence-electron chi connectivity index (χ2n) is 3.52. The fourth-order valence-electron chi connectivity index (χ4n) is 1.61. The molecule has 1 saturated carbocycles. The third-order valence-corrected chi connectivity index (χ3v) is 2.88. The Morgan fingerprint density at radius 1 is 1.50 bits per heavy atom. The lowest BCUT2D eigenvalue weighted by atomic mass is 9.76. The van der Waals surface area contributed by atoms with E-state index in [-0.39, 0.29) is 12.1 Å². The highest BCUT2D eigenvalue weighted by atomic mass is 16.3. The third-order valence-electron chi connectivity index (χ3n) is 2.88. The molecular weight excluding hydrogens is 150 g/mol. The predicted molar refractivity (Wildman–Crippen MR) is 49.7 cm³/mol. The van der Waals surface area contributed by atoms with Gasteiger partial charge in [0.05, 0.1) is 13.2 Å². The van der Waals surface area contributed by atoms with Crippen LogP contribution in [0.5, 0.6) is 0 Å². The van der Waals surface area contributed by atoms with E-state index in [2.05, 4.69) is 16.7 Å². The van der Waals surface area contributed by atoms with Gasteiger partial charge in [0.1, 0.15) is 0 Å². The van der Waals surface area contributed by atoms with Crippen LogP contribution in [0.25, 0.3) is 0 Å². The van der Waals surface area contributed by atoms with Crippen LogP contribution in [0.3, 0.4) is 0 Å². The largest absolute Gasteiger partial charge is 0.394 e. The Labute approximate surface area is 74.6 Å². The van der Waals surface area contributed by atoms with Crippen LogP contribution >= 0.6 is 0 Å². The molecule has 0 aliphatic heterocycles. The molecule has 1 N–H and O–H groups in total. The summed E-state index contributed by atoms with van der Waals surface area (Å²) in [5.41, 5.74) is 0.0594. The zero-order valence-corrected chi connectivity index (χ0v) is 7.93. The van der Waals surface area contributed by atoms with Gasteiger partial charge in [0.25, 0.3) is 0 Å². The van der Waals surface area contributed by atoms with Crippen molar-refractivity contribution in [3.63, 3.8) is 0 Å². The van der Waals surface area contributed by atoms with Gasteiger partial charge in [-0.05, 0) is 33.2 Å². The number of aliphatic hydroxyl groups excluding tert-OH is 1. The van der Waals surface area contributed by atoms with E-state index in [1.54, 1.807) is 0 Å². The van der Waals surface area contributed by atoms with Gasteiger partial charge in [0, 0.05) is 5.54 Å². The summed E-state index contributed by atoms with van der Waals surface area (Å²) in [4.78, 5) is 2.17. The van der Waals surface area contributed by atoms with Gasteiger partial charge in [0.2, 0.25) is 0 Å². The molecular formula is C10H17NO. The zero-order valence-electron chi connectivity index (χ0n) is 7.93. The van der Waals surface area contributed by atoms with Gasteiger partial charge in [-0.2, -0.15) is 0 Å². The minimum Gasteiger partial charge on any atom is -0.394 e. The van der Waals surface area contributed by atoms with Crippen molar-refractivity contribution in [2.24, 2.45) is 0 Å². The van der Waals surface area contributed by atoms with Crippen LogP contribution in [0, 0.1) is 11.8 Å². The molecule has 0 unspecified atom stereocenters. The van der Waals surface area contributed by atoms with Gasteiger partial charge in [0.15, 0.2) is 0 Å². The van der Waals surface area contributed by atoms with Crippen molar-refractivity contribution in [1.82, 2.24) is 4.90 Å². The van der Waals surface area contributed by atoms with Gasteiger partial charge in [-0.25, -0.2) is 0 Å². The van der Waals surface area contributed by atoms with Crippen molar-refractivity contribution in [1.29, 1.82) is 0 Å². The molecule has 0 atom stereocenters. The molecule has 0 saturated heterocycles. The van der Waals surface area contributed by atoms with Crippen molar-refractivity contribution < 1.29 is 5.11 Å². The fraction of sp³-hybridized carbons (Fsp3) is 0.800. The van der Waals surface area contributed by atoms with Crippen molar-refractivity contribution in [3.8, 4) is 11.8 Å². The first-order valence-corrected chi connectivity index (χ1v) is 4.47. The van der Waals surface area contributed by atoms with Gasteiger partial charge >= 0.3 is 0 Å². The standard InChI is InChI=1S/C10H17NO/c1-3-4-8-11(2)10(9-12)6-5-7-10/h12H,5-9H2,1-2H3. The monoisotopic (exact) mass is 167 g/mol. The summed E-state index contributed by atoms with van der Waals surface area (Å²) < 4.78 is 0. The Hall–Kier alpha value is -0.520. The summed E-state index contributed by atoms with van der Waals surface area (Å²) in [5, 5.41) is 9.22. The predicted octanol–water partition coefficient (Wildman–Crippen LogP) is 0.856. The van der Waals surface area contributed by atoms with Gasteiger partial charge in [-0.1, -0.05) is 5.92 Å². The summed E-state index contributed by atoms with van der Waals surface area (Å²) in [5.74, 6) is 5.89. The van der Waals surface area contributed by atoms with Crippen LogP contribution in [0.15, 0.2) is 0 Å². The van der Waals surface area contributed by atoms with Crippen LogP contribution in [-0.4, -0.2) is 35.7 Å². The number of aliphatic hydroxyl groups is 1. The van der Waals surface area contributed by atoms with Crippen LogP contribution in [-0.2, 0) is 0 Å². The first-order valence-electron chi connectivity index (χ1n) is 4.47. The number of hydrogen-bond donors (Lipinski definition) is 1. The highest BCUT2D eigenvalue weighted by Gasteiger charge is 2.39. The minimum absolute atomic E-state index is 0.0594. The van der Waals surface area contributed by atoms with E-state index in [0.717, 1.165) is 19.4 Å². The molecule has 68 valence electrons. The second kappa shape index (κ2) is 3.93. The smallest absolute Gasteiger partial charge is 0.0615 e. The Kier molecular flexibility index (Phi) is 3.13. The van der Waals surface area contributed by atoms with Gasteiger partial charge in [-0.15, -0.1) is 5.92 Å². The molecule has 1 aliphatic carbocycles. The summed E-state index contributed by atoms with van der Waals surface area (Å²) in [6, 6.07) is 0. The molecule has 0 spiro atoms. The Bertz CT molecular complexity index is 192. The Morgan fingerprint density at radius 3 is 2.50 bits per heavy atom. The quantitative estimate of drug-likeness (QED) is 0.630. The Morgan fingerprint density at radius 2 is 2.17 bits per heavy atom. The van der Waals surface area contributed by atoms with E-state index in [4.69, 9.17) is 0 Å². The molecule has 0 bridgehead atoms. The molecule has 0 radical (unpaired) electrons. The SMILES string of the molecule is CC#CCN(C)C1(CO)CCC1. The first-order chi connectivity index (χ1) is 5.75. The summed E-state index contributed by atoms with van der Waals surface area (Å²) in [7, 11) is 2.04. The van der Waals surface area contributed by atoms with Crippen LogP contribution in [0.2, 0.25) is 0 Å². The average Bonchev–Trinajstić information content (AvgIpc) is 2.00. The molecule has 0 amide bonds. The number of nitrogens with zero attached hydrogens (tertiary/aromatic N) is 1. The Balaban J connectivity index is 2.46. The maximum absolute atomic E-state index is 9.22. The first kappa shape index (κ1) is 9.57. The van der Waals surface area contributed by atoms with E-state index in [1.807, 2.05) is 14.0 Å². The van der Waals surface area contributed by atoms with Gasteiger partial charge in [-0.3, -0.25) is 4.90 Å². The molecule has 2 heteroatoms. The fourth-order valence-corrected chi connectivity index (χ4v) is 1.61. The topological polar surface area (TPSA) is 23.5 Å². The maximum atomic E-state index is 9.22. The summed E-state index contributed by atoms with van der Waals surface area (Å²) in [6.45, 7) is 2.90. The molecule has 0 heterocycles. The van der Waals surface area contributed by atoms with E-state index in [0.29, 0.717) is 0 Å². The lowest BCUT2D eigenvalue weighted by molar-refractivity contribution is -0.00458. The molecule has 0 aromatic carbocycles. The van der Waals surface area contributed by atoms with Crippen LogP contribution < -0.4 is 0 Å². The molecule has 1 rings (SSSR count). The van der Waals surface area contributed by atoms with Crippen LogP contribution in [0.4, 0.5) is 0 Å². The molecule has 12 heavy (non-hydrogen) atoms. The van der Waals surface area contributed by atoms with E-state index in [9.17, 15) is 5.11 Å². The van der Waals surface area contributed by atoms with Crippen molar-refractivity contribution >= 4 is 0 Å². The summed E-state index contributed by atoms with van der Waals surface area (Å²) >= 11 is 0. The molecule has 2 nitrogen and oxygen atoms in total. The van der Waals surface area contributed by atoms with Crippen molar-refractivity contribution in [3.05, 3.63) is 0 Å². The molecule has 0 aromatic heterocycles. The molecule has 1 aliphatic rings. The highest BCUT2D eigenvalue weighted by molar-refractivity contribution is 5.03. The van der Waals surface area contributed by atoms with Crippen molar-refractivity contribution in [2.45, 2.75) is 31.7 Å². The highest BCUT2D eigenvalue weighted by Crippen LogP contribution is 2.35. The average molecular weight is 167 g/mol. The third kappa shape index (κ3) is 1.63. The minimum atomic E-state index is 0.0594. The number of rotatable bonds is 3. The lowest BCUT2D eigenvalue weighted by Crippen LogP contribution is -2.54. The number of hydrogen-bond acceptors (Lipinski definition) is 2. The number of likely N-dealkylation sites (N-methyl/N-ethyl adjacent to an activating group) is 1. The lowest BCUT2D eigenvalue weighted by Gasteiger charge is -2.46. The molecule has 0 aromatic rings. The normalized spacial score (nSPS) is 19.7. The van der Waals surface area contributed by atoms with E-state index >= 15 is 0 Å².